The summed E-state index contributed by atoms with van der Waals surface area (Å²) < 4.78 is 11.2. The molecule has 0 unspecified atom stereocenters. The largest absolute Gasteiger partial charge is 0.481 e. The molecule has 2 atom stereocenters. The van der Waals surface area contributed by atoms with Gasteiger partial charge in [-0.05, 0) is 18.1 Å². The molecule has 1 rings (SSSR count). The van der Waals surface area contributed by atoms with Gasteiger partial charge < -0.3 is 19.4 Å². The number of aliphatic carboxylic acids is 2. The molecule has 150 valence electrons. The van der Waals surface area contributed by atoms with Gasteiger partial charge in [-0.3, -0.25) is 9.59 Å². The highest BCUT2D eigenvalue weighted by molar-refractivity contribution is 6.74. The van der Waals surface area contributed by atoms with Crippen molar-refractivity contribution >= 4 is 26.2 Å². The molecule has 0 saturated heterocycles. The summed E-state index contributed by atoms with van der Waals surface area (Å²) in [6.07, 6.45) is -3.00. The van der Waals surface area contributed by atoms with Gasteiger partial charge in [-0.25, -0.2) is 4.79 Å². The molecule has 0 saturated carbocycles. The molecule has 8 heteroatoms. The average molecular weight is 397 g/mol. The van der Waals surface area contributed by atoms with Crippen molar-refractivity contribution in [2.45, 2.75) is 64.0 Å². The van der Waals surface area contributed by atoms with Gasteiger partial charge in [0, 0.05) is 5.56 Å². The van der Waals surface area contributed by atoms with Gasteiger partial charge in [-0.1, -0.05) is 51.1 Å². The maximum absolute atomic E-state index is 12.3. The number of carboxylic acids is 2. The lowest BCUT2D eigenvalue weighted by Gasteiger charge is -2.38. The first-order valence-electron chi connectivity index (χ1n) is 8.70. The highest BCUT2D eigenvalue weighted by Crippen LogP contribution is 2.38. The molecule has 0 aliphatic rings. The van der Waals surface area contributed by atoms with Crippen LogP contribution in [0.25, 0.3) is 0 Å². The van der Waals surface area contributed by atoms with Crippen LogP contribution in [0.3, 0.4) is 0 Å². The second kappa shape index (κ2) is 9.14. The summed E-state index contributed by atoms with van der Waals surface area (Å²) in [6, 6.07) is 8.11. The van der Waals surface area contributed by atoms with Crippen LogP contribution in [0.5, 0.6) is 0 Å². The lowest BCUT2D eigenvalue weighted by molar-refractivity contribution is -0.166. The molecule has 0 aliphatic heterocycles. The van der Waals surface area contributed by atoms with Crippen LogP contribution in [0.15, 0.2) is 30.3 Å². The van der Waals surface area contributed by atoms with Crippen LogP contribution in [-0.2, 0) is 23.5 Å². The topological polar surface area (TPSA) is 110 Å². The number of rotatable bonds is 9. The Morgan fingerprint density at radius 2 is 1.59 bits per heavy atom. The SMILES string of the molecule is CC(C)(C)[Si](C)(C)O[C@@H](CC(=O)O)CC(=O)O[C@H](C(=O)O)c1ccccc1. The summed E-state index contributed by atoms with van der Waals surface area (Å²) >= 11 is 0. The van der Waals surface area contributed by atoms with Crippen molar-refractivity contribution in [1.82, 2.24) is 0 Å². The predicted molar refractivity (Wildman–Crippen MR) is 102 cm³/mol. The molecular weight excluding hydrogens is 368 g/mol. The van der Waals surface area contributed by atoms with Crippen LogP contribution in [0.1, 0.15) is 45.3 Å². The van der Waals surface area contributed by atoms with E-state index in [1.165, 1.54) is 0 Å². The number of carboxylic acid groups (broad SMARTS) is 2. The zero-order chi connectivity index (χ0) is 20.8. The second-order valence-corrected chi connectivity index (χ2v) is 12.7. The third kappa shape index (κ3) is 7.14. The monoisotopic (exact) mass is 396 g/mol. The van der Waals surface area contributed by atoms with E-state index in [1.54, 1.807) is 30.3 Å². The Morgan fingerprint density at radius 3 is 2.04 bits per heavy atom. The number of carbonyl (C=O) groups excluding carboxylic acids is 1. The number of benzene rings is 1. The van der Waals surface area contributed by atoms with E-state index in [1.807, 2.05) is 33.9 Å². The van der Waals surface area contributed by atoms with E-state index in [0.29, 0.717) is 5.56 Å². The normalized spacial score (nSPS) is 14.3. The first-order valence-corrected chi connectivity index (χ1v) is 11.6. The maximum Gasteiger partial charge on any atom is 0.349 e. The molecule has 1 aromatic carbocycles. The minimum atomic E-state index is -2.31. The first-order chi connectivity index (χ1) is 12.3. The van der Waals surface area contributed by atoms with Gasteiger partial charge in [-0.2, -0.15) is 0 Å². The summed E-state index contributed by atoms with van der Waals surface area (Å²) in [7, 11) is -2.31. The summed E-state index contributed by atoms with van der Waals surface area (Å²) in [5.74, 6) is -3.20. The Hall–Kier alpha value is -2.19. The van der Waals surface area contributed by atoms with Crippen LogP contribution in [0, 0.1) is 0 Å². The van der Waals surface area contributed by atoms with E-state index >= 15 is 0 Å². The maximum atomic E-state index is 12.3. The summed E-state index contributed by atoms with van der Waals surface area (Å²) in [5.41, 5.74) is 0.332. The molecule has 0 spiro atoms. The second-order valence-electron chi connectivity index (χ2n) is 7.92. The molecule has 0 bridgehead atoms. The molecule has 27 heavy (non-hydrogen) atoms. The molecule has 7 nitrogen and oxygen atoms in total. The van der Waals surface area contributed by atoms with E-state index in [9.17, 15) is 19.5 Å². The quantitative estimate of drug-likeness (QED) is 0.484. The molecule has 0 aliphatic carbocycles. The zero-order valence-corrected chi connectivity index (χ0v) is 17.4. The van der Waals surface area contributed by atoms with Crippen LogP contribution < -0.4 is 0 Å². The highest BCUT2D eigenvalue weighted by atomic mass is 28.4. The molecule has 0 fully saturated rings. The predicted octanol–water partition coefficient (Wildman–Crippen LogP) is 3.61. The van der Waals surface area contributed by atoms with Crippen LogP contribution in [-0.4, -0.2) is 42.5 Å². The molecule has 0 amide bonds. The van der Waals surface area contributed by atoms with Crippen molar-refractivity contribution in [2.75, 3.05) is 0 Å². The lowest BCUT2D eigenvalue weighted by Crippen LogP contribution is -2.45. The van der Waals surface area contributed by atoms with Crippen molar-refractivity contribution in [1.29, 1.82) is 0 Å². The minimum Gasteiger partial charge on any atom is -0.481 e. The third-order valence-electron chi connectivity index (χ3n) is 4.64. The van der Waals surface area contributed by atoms with Crippen molar-refractivity contribution in [2.24, 2.45) is 0 Å². The van der Waals surface area contributed by atoms with Gasteiger partial charge >= 0.3 is 17.9 Å². The standard InChI is InChI=1S/C19H28O7Si/c1-19(2,3)27(4,5)26-14(11-15(20)21)12-16(22)25-17(18(23)24)13-9-7-6-8-10-13/h6-10,14,17H,11-12H2,1-5H3,(H,20,21)(H,23,24)/t14-,17-/m0/s1. The smallest absolute Gasteiger partial charge is 0.349 e. The fourth-order valence-electron chi connectivity index (χ4n) is 2.20. The van der Waals surface area contributed by atoms with Gasteiger partial charge in [0.15, 0.2) is 8.32 Å². The molecule has 0 radical (unpaired) electrons. The molecule has 0 heterocycles. The van der Waals surface area contributed by atoms with E-state index < -0.39 is 38.4 Å². The number of hydrogen-bond donors (Lipinski definition) is 2. The Labute approximate surface area is 160 Å². The molecule has 0 aromatic heterocycles. The number of carbonyl (C=O) groups is 3. The Morgan fingerprint density at radius 1 is 1.04 bits per heavy atom. The van der Waals surface area contributed by atoms with Gasteiger partial charge in [0.2, 0.25) is 6.10 Å². The highest BCUT2D eigenvalue weighted by Gasteiger charge is 2.40. The van der Waals surface area contributed by atoms with Crippen LogP contribution >= 0.6 is 0 Å². The van der Waals surface area contributed by atoms with E-state index in [4.69, 9.17) is 14.3 Å². The average Bonchev–Trinajstić information content (AvgIpc) is 2.51. The molecular formula is C19H28O7Si. The van der Waals surface area contributed by atoms with Gasteiger partial charge in [0.25, 0.3) is 0 Å². The van der Waals surface area contributed by atoms with Crippen molar-refractivity contribution in [3.05, 3.63) is 35.9 Å². The van der Waals surface area contributed by atoms with E-state index in [-0.39, 0.29) is 17.9 Å². The van der Waals surface area contributed by atoms with Crippen molar-refractivity contribution in [3.63, 3.8) is 0 Å². The van der Waals surface area contributed by atoms with E-state index in [2.05, 4.69) is 0 Å². The molecule has 2 N–H and O–H groups in total. The Bertz CT molecular complexity index is 664. The lowest BCUT2D eigenvalue weighted by atomic mass is 10.1. The number of esters is 1. The molecule has 1 aromatic rings. The van der Waals surface area contributed by atoms with Crippen molar-refractivity contribution in [3.8, 4) is 0 Å². The fraction of sp³-hybridized carbons (Fsp3) is 0.526. The summed E-state index contributed by atoms with van der Waals surface area (Å²) in [5, 5.41) is 18.3. The number of ether oxygens (including phenoxy) is 1. The van der Waals surface area contributed by atoms with Crippen LogP contribution in [0.2, 0.25) is 18.1 Å². The van der Waals surface area contributed by atoms with Gasteiger partial charge in [0.05, 0.1) is 18.9 Å². The van der Waals surface area contributed by atoms with Crippen LogP contribution in [0.4, 0.5) is 0 Å². The first kappa shape index (κ1) is 22.8. The summed E-state index contributed by atoms with van der Waals surface area (Å²) in [4.78, 5) is 34.9. The van der Waals surface area contributed by atoms with Crippen molar-refractivity contribution < 1.29 is 33.8 Å². The van der Waals surface area contributed by atoms with E-state index in [0.717, 1.165) is 0 Å². The fourth-order valence-corrected chi connectivity index (χ4v) is 3.55. The number of hydrogen-bond acceptors (Lipinski definition) is 5. The van der Waals surface area contributed by atoms with Gasteiger partial charge in [-0.15, -0.1) is 0 Å². The minimum absolute atomic E-state index is 0.165. The Kier molecular flexibility index (Phi) is 7.73. The summed E-state index contributed by atoms with van der Waals surface area (Å²) in [6.45, 7) is 9.93. The van der Waals surface area contributed by atoms with Gasteiger partial charge in [0.1, 0.15) is 0 Å². The zero-order valence-electron chi connectivity index (χ0n) is 16.4. The Balaban J connectivity index is 2.89. The third-order valence-corrected chi connectivity index (χ3v) is 9.17.